The van der Waals surface area contributed by atoms with Gasteiger partial charge in [-0.25, -0.2) is 4.79 Å². The van der Waals surface area contributed by atoms with E-state index >= 15 is 0 Å². The van der Waals surface area contributed by atoms with Gasteiger partial charge in [0.1, 0.15) is 6.04 Å². The molecule has 88 valence electrons. The summed E-state index contributed by atoms with van der Waals surface area (Å²) in [7, 11) is 0. The number of likely N-dealkylation sites (tertiary alicyclic amines) is 1. The van der Waals surface area contributed by atoms with Crippen molar-refractivity contribution in [1.82, 2.24) is 15.1 Å². The van der Waals surface area contributed by atoms with E-state index in [1.165, 1.54) is 6.42 Å². The number of nitriles is 1. The van der Waals surface area contributed by atoms with Crippen molar-refractivity contribution in [2.24, 2.45) is 0 Å². The van der Waals surface area contributed by atoms with E-state index in [1.807, 2.05) is 4.90 Å². The highest BCUT2D eigenvalue weighted by molar-refractivity contribution is 5.75. The fraction of sp³-hybridized carbons (Fsp3) is 0.818. The molecule has 0 bridgehead atoms. The van der Waals surface area contributed by atoms with Crippen LogP contribution in [0.3, 0.4) is 0 Å². The molecule has 0 aromatic carbocycles. The summed E-state index contributed by atoms with van der Waals surface area (Å²) in [6.07, 6.45) is 3.40. The van der Waals surface area contributed by atoms with Crippen LogP contribution in [0.1, 0.15) is 19.3 Å². The van der Waals surface area contributed by atoms with E-state index in [-0.39, 0.29) is 12.1 Å². The largest absolute Gasteiger partial charge is 0.325 e. The molecule has 2 rings (SSSR count). The van der Waals surface area contributed by atoms with Crippen LogP contribution in [-0.4, -0.2) is 54.6 Å². The van der Waals surface area contributed by atoms with Crippen LogP contribution in [0.5, 0.6) is 0 Å². The van der Waals surface area contributed by atoms with Gasteiger partial charge in [-0.2, -0.15) is 5.26 Å². The molecule has 5 nitrogen and oxygen atoms in total. The van der Waals surface area contributed by atoms with Crippen molar-refractivity contribution < 1.29 is 4.79 Å². The van der Waals surface area contributed by atoms with Gasteiger partial charge in [-0.1, -0.05) is 0 Å². The Morgan fingerprint density at radius 3 is 2.69 bits per heavy atom. The molecular formula is C11H18N4O. The topological polar surface area (TPSA) is 59.4 Å². The predicted octanol–water partition coefficient (Wildman–Crippen LogP) is 0.390. The Bertz CT molecular complexity index is 293. The number of amides is 2. The van der Waals surface area contributed by atoms with Crippen LogP contribution in [0.25, 0.3) is 0 Å². The first-order valence-electron chi connectivity index (χ1n) is 5.99. The van der Waals surface area contributed by atoms with E-state index < -0.39 is 0 Å². The smallest absolute Gasteiger partial charge is 0.321 e. The minimum Gasteiger partial charge on any atom is -0.325 e. The molecule has 1 N–H and O–H groups in total. The normalized spacial score (nSPS) is 26.3. The van der Waals surface area contributed by atoms with Crippen LogP contribution in [0.15, 0.2) is 0 Å². The molecule has 5 heteroatoms. The Morgan fingerprint density at radius 1 is 1.25 bits per heavy atom. The average Bonchev–Trinajstić information content (AvgIpc) is 2.39. The molecule has 1 atom stereocenters. The summed E-state index contributed by atoms with van der Waals surface area (Å²) in [5.41, 5.74) is 0. The molecule has 0 spiro atoms. The highest BCUT2D eigenvalue weighted by atomic mass is 16.2. The van der Waals surface area contributed by atoms with Gasteiger partial charge in [0.05, 0.1) is 6.07 Å². The number of carbonyl (C=O) groups is 1. The van der Waals surface area contributed by atoms with Crippen LogP contribution >= 0.6 is 0 Å². The Kier molecular flexibility index (Phi) is 3.62. The Hall–Kier alpha value is -1.28. The third kappa shape index (κ3) is 2.27. The van der Waals surface area contributed by atoms with Crippen molar-refractivity contribution >= 4 is 6.03 Å². The van der Waals surface area contributed by atoms with Crippen molar-refractivity contribution in [3.63, 3.8) is 0 Å². The lowest BCUT2D eigenvalue weighted by Gasteiger charge is -2.37. The second-order valence-corrected chi connectivity index (χ2v) is 4.37. The maximum absolute atomic E-state index is 12.2. The lowest BCUT2D eigenvalue weighted by molar-refractivity contribution is 0.126. The van der Waals surface area contributed by atoms with Crippen molar-refractivity contribution in [2.75, 3.05) is 32.7 Å². The summed E-state index contributed by atoms with van der Waals surface area (Å²) >= 11 is 0. The first kappa shape index (κ1) is 11.2. The van der Waals surface area contributed by atoms with Crippen molar-refractivity contribution in [1.29, 1.82) is 5.26 Å². The monoisotopic (exact) mass is 222 g/mol. The quantitative estimate of drug-likeness (QED) is 0.645. The number of carbonyl (C=O) groups excluding carboxylic acids is 1. The van der Waals surface area contributed by atoms with E-state index in [0.717, 1.165) is 32.5 Å². The number of hydrogen-bond acceptors (Lipinski definition) is 3. The molecule has 0 aromatic rings. The molecule has 2 aliphatic heterocycles. The molecule has 0 radical (unpaired) electrons. The van der Waals surface area contributed by atoms with Gasteiger partial charge in [-0.3, -0.25) is 0 Å². The molecular weight excluding hydrogens is 204 g/mol. The number of nitrogens with one attached hydrogen (secondary N) is 1. The molecule has 2 saturated heterocycles. The maximum Gasteiger partial charge on any atom is 0.321 e. The van der Waals surface area contributed by atoms with Crippen LogP contribution in [0.2, 0.25) is 0 Å². The Labute approximate surface area is 96.0 Å². The van der Waals surface area contributed by atoms with Gasteiger partial charge in [0.15, 0.2) is 0 Å². The van der Waals surface area contributed by atoms with Crippen LogP contribution in [0, 0.1) is 11.3 Å². The molecule has 1 unspecified atom stereocenters. The molecule has 16 heavy (non-hydrogen) atoms. The summed E-state index contributed by atoms with van der Waals surface area (Å²) in [6, 6.07) is 1.94. The Morgan fingerprint density at radius 2 is 2.00 bits per heavy atom. The summed E-state index contributed by atoms with van der Waals surface area (Å²) in [5, 5.41) is 12.1. The van der Waals surface area contributed by atoms with Crippen LogP contribution < -0.4 is 5.32 Å². The molecule has 0 saturated carbocycles. The van der Waals surface area contributed by atoms with E-state index in [2.05, 4.69) is 11.4 Å². The fourth-order valence-electron chi connectivity index (χ4n) is 2.32. The molecule has 0 aromatic heterocycles. The number of nitrogens with zero attached hydrogens (tertiary/aromatic N) is 3. The number of rotatable bonds is 0. The van der Waals surface area contributed by atoms with Gasteiger partial charge in [0, 0.05) is 32.7 Å². The molecule has 2 aliphatic rings. The molecule has 2 fully saturated rings. The van der Waals surface area contributed by atoms with E-state index in [0.29, 0.717) is 13.1 Å². The third-order valence-corrected chi connectivity index (χ3v) is 3.26. The van der Waals surface area contributed by atoms with E-state index in [4.69, 9.17) is 5.26 Å². The first-order valence-corrected chi connectivity index (χ1v) is 5.99. The number of piperazine rings is 1. The third-order valence-electron chi connectivity index (χ3n) is 3.26. The standard InChI is InChI=1S/C11H18N4O/c12-8-10-9-13-4-7-15(10)11(16)14-5-2-1-3-6-14/h10,13H,1-7,9H2. The minimum absolute atomic E-state index is 0.0488. The van der Waals surface area contributed by atoms with Crippen molar-refractivity contribution in [3.8, 4) is 6.07 Å². The highest BCUT2D eigenvalue weighted by Gasteiger charge is 2.30. The predicted molar refractivity (Wildman–Crippen MR) is 59.8 cm³/mol. The van der Waals surface area contributed by atoms with Gasteiger partial charge in [0.2, 0.25) is 0 Å². The number of hydrogen-bond donors (Lipinski definition) is 1. The first-order chi connectivity index (χ1) is 7.83. The minimum atomic E-state index is -0.303. The molecule has 2 amide bonds. The number of urea groups is 1. The average molecular weight is 222 g/mol. The lowest BCUT2D eigenvalue weighted by Crippen LogP contribution is -2.57. The van der Waals surface area contributed by atoms with E-state index in [9.17, 15) is 4.79 Å². The lowest BCUT2D eigenvalue weighted by atomic mass is 10.1. The molecule has 0 aliphatic carbocycles. The summed E-state index contributed by atoms with van der Waals surface area (Å²) in [6.45, 7) is 3.73. The van der Waals surface area contributed by atoms with Gasteiger partial charge in [0.25, 0.3) is 0 Å². The summed E-state index contributed by atoms with van der Waals surface area (Å²) < 4.78 is 0. The van der Waals surface area contributed by atoms with E-state index in [1.54, 1.807) is 4.90 Å². The zero-order chi connectivity index (χ0) is 11.4. The summed E-state index contributed by atoms with van der Waals surface area (Å²) in [5.74, 6) is 0. The SMILES string of the molecule is N#CC1CNCCN1C(=O)N1CCCCC1. The highest BCUT2D eigenvalue weighted by Crippen LogP contribution is 2.13. The second-order valence-electron chi connectivity index (χ2n) is 4.37. The molecule has 2 heterocycles. The van der Waals surface area contributed by atoms with Crippen LogP contribution in [-0.2, 0) is 0 Å². The number of piperidine rings is 1. The van der Waals surface area contributed by atoms with Gasteiger partial charge in [-0.15, -0.1) is 0 Å². The zero-order valence-corrected chi connectivity index (χ0v) is 9.48. The van der Waals surface area contributed by atoms with Crippen molar-refractivity contribution in [3.05, 3.63) is 0 Å². The Balaban J connectivity index is 1.98. The second kappa shape index (κ2) is 5.17. The van der Waals surface area contributed by atoms with Gasteiger partial charge >= 0.3 is 6.03 Å². The zero-order valence-electron chi connectivity index (χ0n) is 9.48. The summed E-state index contributed by atoms with van der Waals surface area (Å²) in [4.78, 5) is 15.8. The maximum atomic E-state index is 12.2. The van der Waals surface area contributed by atoms with Gasteiger partial charge < -0.3 is 15.1 Å². The van der Waals surface area contributed by atoms with Crippen molar-refractivity contribution in [2.45, 2.75) is 25.3 Å². The fourth-order valence-corrected chi connectivity index (χ4v) is 2.32. The van der Waals surface area contributed by atoms with Gasteiger partial charge in [-0.05, 0) is 19.3 Å². The van der Waals surface area contributed by atoms with Crippen LogP contribution in [0.4, 0.5) is 4.79 Å².